The summed E-state index contributed by atoms with van der Waals surface area (Å²) in [4.78, 5) is 15.4. The topological polar surface area (TPSA) is 54.0 Å². The van der Waals surface area contributed by atoms with E-state index in [2.05, 4.69) is 15.6 Å². The molecule has 0 aromatic carbocycles. The lowest BCUT2D eigenvalue weighted by atomic mass is 10.4. The standard InChI is InChI=1S/C9H15N3OS/c1-6(2)11-9(13)10-4-8-12-7(3)5-14-8/h5-6H,4H2,1-3H3,(H2,10,11,13). The van der Waals surface area contributed by atoms with E-state index in [1.807, 2.05) is 26.2 Å². The average molecular weight is 213 g/mol. The summed E-state index contributed by atoms with van der Waals surface area (Å²) in [5.74, 6) is 0. The number of nitrogens with zero attached hydrogens (tertiary/aromatic N) is 1. The fourth-order valence-corrected chi connectivity index (χ4v) is 1.66. The number of hydrogen-bond donors (Lipinski definition) is 2. The van der Waals surface area contributed by atoms with Crippen LogP contribution in [0, 0.1) is 6.92 Å². The molecule has 0 aliphatic heterocycles. The van der Waals surface area contributed by atoms with Gasteiger partial charge in [-0.2, -0.15) is 0 Å². The third-order valence-electron chi connectivity index (χ3n) is 1.49. The number of amides is 2. The van der Waals surface area contributed by atoms with Gasteiger partial charge >= 0.3 is 6.03 Å². The van der Waals surface area contributed by atoms with E-state index in [-0.39, 0.29) is 12.1 Å². The van der Waals surface area contributed by atoms with Crippen LogP contribution in [-0.4, -0.2) is 17.1 Å². The highest BCUT2D eigenvalue weighted by Crippen LogP contribution is 2.07. The molecule has 0 atom stereocenters. The molecule has 14 heavy (non-hydrogen) atoms. The molecule has 0 unspecified atom stereocenters. The van der Waals surface area contributed by atoms with Crippen LogP contribution < -0.4 is 10.6 Å². The van der Waals surface area contributed by atoms with Crippen molar-refractivity contribution in [1.82, 2.24) is 15.6 Å². The zero-order valence-electron chi connectivity index (χ0n) is 8.63. The van der Waals surface area contributed by atoms with Gasteiger partial charge in [0.15, 0.2) is 0 Å². The maximum absolute atomic E-state index is 11.2. The Morgan fingerprint density at radius 1 is 1.64 bits per heavy atom. The van der Waals surface area contributed by atoms with Crippen LogP contribution in [0.4, 0.5) is 4.79 Å². The summed E-state index contributed by atoms with van der Waals surface area (Å²) in [6.45, 7) is 6.28. The van der Waals surface area contributed by atoms with Gasteiger partial charge in [-0.3, -0.25) is 0 Å². The van der Waals surface area contributed by atoms with Crippen LogP contribution >= 0.6 is 11.3 Å². The van der Waals surface area contributed by atoms with Crippen LogP contribution in [0.3, 0.4) is 0 Å². The zero-order valence-corrected chi connectivity index (χ0v) is 9.44. The SMILES string of the molecule is Cc1csc(CNC(=O)NC(C)C)n1. The van der Waals surface area contributed by atoms with Crippen LogP contribution in [0.5, 0.6) is 0 Å². The van der Waals surface area contributed by atoms with Gasteiger partial charge < -0.3 is 10.6 Å². The second-order valence-electron chi connectivity index (χ2n) is 3.36. The molecule has 0 radical (unpaired) electrons. The normalized spacial score (nSPS) is 10.3. The number of carbonyl (C=O) groups excluding carboxylic acids is 1. The Hall–Kier alpha value is -1.10. The lowest BCUT2D eigenvalue weighted by molar-refractivity contribution is 0.238. The Bertz CT molecular complexity index is 309. The first-order chi connectivity index (χ1) is 6.58. The summed E-state index contributed by atoms with van der Waals surface area (Å²) in [6, 6.07) is 0.0147. The predicted octanol–water partition coefficient (Wildman–Crippen LogP) is 1.66. The molecule has 0 fully saturated rings. The van der Waals surface area contributed by atoms with Crippen molar-refractivity contribution in [2.24, 2.45) is 0 Å². The van der Waals surface area contributed by atoms with Crippen molar-refractivity contribution >= 4 is 17.4 Å². The second-order valence-corrected chi connectivity index (χ2v) is 4.31. The van der Waals surface area contributed by atoms with E-state index in [0.717, 1.165) is 10.7 Å². The molecule has 78 valence electrons. The van der Waals surface area contributed by atoms with E-state index in [1.54, 1.807) is 11.3 Å². The van der Waals surface area contributed by atoms with Gasteiger partial charge in [-0.05, 0) is 20.8 Å². The third kappa shape index (κ3) is 3.74. The second kappa shape index (κ2) is 4.95. The van der Waals surface area contributed by atoms with Gasteiger partial charge in [0.1, 0.15) is 5.01 Å². The third-order valence-corrected chi connectivity index (χ3v) is 2.45. The van der Waals surface area contributed by atoms with Gasteiger partial charge in [-0.25, -0.2) is 9.78 Å². The zero-order chi connectivity index (χ0) is 10.6. The molecular weight excluding hydrogens is 198 g/mol. The van der Waals surface area contributed by atoms with Gasteiger partial charge in [-0.1, -0.05) is 0 Å². The summed E-state index contributed by atoms with van der Waals surface area (Å²) >= 11 is 1.56. The Morgan fingerprint density at radius 3 is 2.86 bits per heavy atom. The summed E-state index contributed by atoms with van der Waals surface area (Å²) < 4.78 is 0. The quantitative estimate of drug-likeness (QED) is 0.802. The molecule has 0 saturated heterocycles. The maximum Gasteiger partial charge on any atom is 0.315 e. The van der Waals surface area contributed by atoms with Crippen molar-refractivity contribution in [2.45, 2.75) is 33.4 Å². The Morgan fingerprint density at radius 2 is 2.36 bits per heavy atom. The summed E-state index contributed by atoms with van der Waals surface area (Å²) in [5.41, 5.74) is 0.996. The Labute approximate surface area is 87.7 Å². The molecule has 4 nitrogen and oxygen atoms in total. The molecule has 5 heteroatoms. The van der Waals surface area contributed by atoms with Crippen molar-refractivity contribution in [3.63, 3.8) is 0 Å². The van der Waals surface area contributed by atoms with Crippen LogP contribution in [0.1, 0.15) is 24.5 Å². The first-order valence-electron chi connectivity index (χ1n) is 4.53. The number of rotatable bonds is 3. The van der Waals surface area contributed by atoms with E-state index < -0.39 is 0 Å². The summed E-state index contributed by atoms with van der Waals surface area (Å²) in [5, 5.41) is 8.39. The molecule has 0 bridgehead atoms. The average Bonchev–Trinajstić information content (AvgIpc) is 2.47. The minimum Gasteiger partial charge on any atom is -0.336 e. The molecule has 1 rings (SSSR count). The molecule has 0 aliphatic carbocycles. The highest BCUT2D eigenvalue weighted by atomic mass is 32.1. The van der Waals surface area contributed by atoms with Gasteiger partial charge in [0.05, 0.1) is 6.54 Å². The monoisotopic (exact) mass is 213 g/mol. The summed E-state index contributed by atoms with van der Waals surface area (Å²) in [7, 11) is 0. The van der Waals surface area contributed by atoms with Gasteiger partial charge in [-0.15, -0.1) is 11.3 Å². The van der Waals surface area contributed by atoms with Gasteiger partial charge in [0.2, 0.25) is 0 Å². The van der Waals surface area contributed by atoms with E-state index >= 15 is 0 Å². The van der Waals surface area contributed by atoms with E-state index in [9.17, 15) is 4.79 Å². The van der Waals surface area contributed by atoms with Crippen LogP contribution in [0.25, 0.3) is 0 Å². The van der Waals surface area contributed by atoms with Crippen molar-refractivity contribution in [3.8, 4) is 0 Å². The Balaban J connectivity index is 2.30. The van der Waals surface area contributed by atoms with Crippen molar-refractivity contribution in [2.75, 3.05) is 0 Å². The number of aromatic nitrogens is 1. The van der Waals surface area contributed by atoms with Crippen LogP contribution in [0.2, 0.25) is 0 Å². The first kappa shape index (κ1) is 11.0. The number of nitrogens with one attached hydrogen (secondary N) is 2. The van der Waals surface area contributed by atoms with Crippen molar-refractivity contribution in [1.29, 1.82) is 0 Å². The molecule has 2 amide bonds. The largest absolute Gasteiger partial charge is 0.336 e. The smallest absolute Gasteiger partial charge is 0.315 e. The van der Waals surface area contributed by atoms with E-state index in [4.69, 9.17) is 0 Å². The predicted molar refractivity (Wildman–Crippen MR) is 57.4 cm³/mol. The van der Waals surface area contributed by atoms with Crippen LogP contribution in [-0.2, 0) is 6.54 Å². The summed E-state index contributed by atoms with van der Waals surface area (Å²) in [6.07, 6.45) is 0. The van der Waals surface area contributed by atoms with E-state index in [0.29, 0.717) is 6.54 Å². The maximum atomic E-state index is 11.2. The highest BCUT2D eigenvalue weighted by molar-refractivity contribution is 7.09. The van der Waals surface area contributed by atoms with Crippen molar-refractivity contribution in [3.05, 3.63) is 16.1 Å². The fraction of sp³-hybridized carbons (Fsp3) is 0.556. The molecule has 0 spiro atoms. The van der Waals surface area contributed by atoms with Crippen molar-refractivity contribution < 1.29 is 4.79 Å². The number of urea groups is 1. The minimum atomic E-state index is -0.146. The molecule has 1 aromatic rings. The molecule has 0 aliphatic rings. The molecule has 1 aromatic heterocycles. The van der Waals surface area contributed by atoms with Gasteiger partial charge in [0.25, 0.3) is 0 Å². The number of thiazole rings is 1. The first-order valence-corrected chi connectivity index (χ1v) is 5.41. The number of carbonyl (C=O) groups is 1. The number of hydrogen-bond acceptors (Lipinski definition) is 3. The fourth-order valence-electron chi connectivity index (χ4n) is 0.953. The minimum absolute atomic E-state index is 0.146. The molecule has 1 heterocycles. The van der Waals surface area contributed by atoms with E-state index in [1.165, 1.54) is 0 Å². The lowest BCUT2D eigenvalue weighted by Gasteiger charge is -2.08. The lowest BCUT2D eigenvalue weighted by Crippen LogP contribution is -2.38. The molecular formula is C9H15N3OS. The highest BCUT2D eigenvalue weighted by Gasteiger charge is 2.03. The number of aryl methyl sites for hydroxylation is 1. The van der Waals surface area contributed by atoms with Gasteiger partial charge in [0, 0.05) is 17.1 Å². The molecule has 2 N–H and O–H groups in total. The Kier molecular flexibility index (Phi) is 3.88. The van der Waals surface area contributed by atoms with Crippen LogP contribution in [0.15, 0.2) is 5.38 Å². The molecule has 0 saturated carbocycles.